The van der Waals surface area contributed by atoms with E-state index in [1.54, 1.807) is 13.8 Å². The van der Waals surface area contributed by atoms with Gasteiger partial charge in [0, 0.05) is 17.3 Å². The molecule has 0 aliphatic heterocycles. The molecule has 0 atom stereocenters. The maximum atomic E-state index is 11.8. The van der Waals surface area contributed by atoms with Crippen LogP contribution in [0.3, 0.4) is 0 Å². The van der Waals surface area contributed by atoms with Gasteiger partial charge in [-0.1, -0.05) is 0 Å². The molecule has 0 unspecified atom stereocenters. The van der Waals surface area contributed by atoms with Gasteiger partial charge in [-0.2, -0.15) is 0 Å². The largest absolute Gasteiger partial charge is 0.481 e. The molecule has 0 aromatic heterocycles. The number of nitro groups is 1. The lowest BCUT2D eigenvalue weighted by atomic mass is 10.0. The van der Waals surface area contributed by atoms with Crippen LogP contribution in [0.2, 0.25) is 0 Å². The van der Waals surface area contributed by atoms with Gasteiger partial charge in [0.1, 0.15) is 0 Å². The molecule has 0 aliphatic rings. The summed E-state index contributed by atoms with van der Waals surface area (Å²) in [5.41, 5.74) is -0.900. The number of nitro benzene ring substituents is 1. The predicted octanol–water partition coefficient (Wildman–Crippen LogP) is 2.73. The molecule has 0 saturated heterocycles. The van der Waals surface area contributed by atoms with E-state index in [0.29, 0.717) is 4.47 Å². The maximum absolute atomic E-state index is 11.8. The van der Waals surface area contributed by atoms with Gasteiger partial charge in [-0.25, -0.2) is 4.79 Å². The average Bonchev–Trinajstić information content (AvgIpc) is 2.28. The van der Waals surface area contributed by atoms with Crippen molar-refractivity contribution >= 4 is 39.3 Å². The van der Waals surface area contributed by atoms with E-state index in [1.807, 2.05) is 0 Å². The number of carboxylic acids is 1. The second kappa shape index (κ2) is 6.53. The van der Waals surface area contributed by atoms with Gasteiger partial charge in [0.15, 0.2) is 0 Å². The van der Waals surface area contributed by atoms with Crippen LogP contribution in [0.15, 0.2) is 22.7 Å². The average molecular weight is 360 g/mol. The van der Waals surface area contributed by atoms with Crippen molar-refractivity contribution in [2.75, 3.05) is 5.32 Å². The first kappa shape index (κ1) is 16.9. The highest BCUT2D eigenvalue weighted by molar-refractivity contribution is 9.10. The number of benzene rings is 1. The second-order valence-electron chi connectivity index (χ2n) is 4.96. The first-order chi connectivity index (χ1) is 9.60. The fourth-order valence-corrected chi connectivity index (χ4v) is 2.01. The third-order valence-electron chi connectivity index (χ3n) is 2.45. The van der Waals surface area contributed by atoms with Crippen molar-refractivity contribution in [3.05, 3.63) is 32.8 Å². The fourth-order valence-electron chi connectivity index (χ4n) is 1.62. The summed E-state index contributed by atoms with van der Waals surface area (Å²) in [6, 6.07) is 3.49. The summed E-state index contributed by atoms with van der Waals surface area (Å²) in [5, 5.41) is 24.4. The van der Waals surface area contributed by atoms with Crippen molar-refractivity contribution in [1.82, 2.24) is 5.32 Å². The standard InChI is InChI=1S/C12H14BrN3O5/c1-12(2,6-10(17)18)15-11(19)14-7-3-4-8(13)9(5-7)16(20)21/h3-5H,6H2,1-2H3,(H,17,18)(H2,14,15,19). The van der Waals surface area contributed by atoms with Crippen molar-refractivity contribution in [3.63, 3.8) is 0 Å². The molecule has 8 nitrogen and oxygen atoms in total. The number of aliphatic carboxylic acids is 1. The number of carbonyl (C=O) groups excluding carboxylic acids is 1. The maximum Gasteiger partial charge on any atom is 0.319 e. The molecule has 1 aromatic rings. The molecule has 1 aromatic carbocycles. The van der Waals surface area contributed by atoms with E-state index in [-0.39, 0.29) is 17.8 Å². The SMILES string of the molecule is CC(C)(CC(=O)O)NC(=O)Nc1ccc(Br)c([N+](=O)[O-])c1. The highest BCUT2D eigenvalue weighted by Gasteiger charge is 2.24. The highest BCUT2D eigenvalue weighted by atomic mass is 79.9. The lowest BCUT2D eigenvalue weighted by Gasteiger charge is -2.24. The summed E-state index contributed by atoms with van der Waals surface area (Å²) in [5.74, 6) is -1.04. The molecular weight excluding hydrogens is 346 g/mol. The number of hydrogen-bond acceptors (Lipinski definition) is 4. The van der Waals surface area contributed by atoms with Crippen molar-refractivity contribution in [3.8, 4) is 0 Å². The van der Waals surface area contributed by atoms with Gasteiger partial charge < -0.3 is 15.7 Å². The Kier molecular flexibility index (Phi) is 5.25. The van der Waals surface area contributed by atoms with E-state index in [0.717, 1.165) is 0 Å². The van der Waals surface area contributed by atoms with E-state index >= 15 is 0 Å². The first-order valence-corrected chi connectivity index (χ1v) is 6.65. The molecule has 0 radical (unpaired) electrons. The predicted molar refractivity (Wildman–Crippen MR) is 79.3 cm³/mol. The summed E-state index contributed by atoms with van der Waals surface area (Å²) in [4.78, 5) is 32.6. The minimum absolute atomic E-state index is 0.183. The zero-order valence-corrected chi connectivity index (χ0v) is 12.9. The summed E-state index contributed by atoms with van der Waals surface area (Å²) in [6.45, 7) is 3.12. The Morgan fingerprint density at radius 3 is 2.57 bits per heavy atom. The minimum Gasteiger partial charge on any atom is -0.481 e. The Balaban J connectivity index is 2.78. The molecule has 0 heterocycles. The Morgan fingerprint density at radius 1 is 1.43 bits per heavy atom. The fraction of sp³-hybridized carbons (Fsp3) is 0.333. The number of nitrogens with zero attached hydrogens (tertiary/aromatic N) is 1. The van der Waals surface area contributed by atoms with E-state index < -0.39 is 22.5 Å². The van der Waals surface area contributed by atoms with E-state index in [4.69, 9.17) is 5.11 Å². The highest BCUT2D eigenvalue weighted by Crippen LogP contribution is 2.27. The van der Waals surface area contributed by atoms with Gasteiger partial charge >= 0.3 is 12.0 Å². The van der Waals surface area contributed by atoms with Crippen molar-refractivity contribution in [1.29, 1.82) is 0 Å². The lowest BCUT2D eigenvalue weighted by molar-refractivity contribution is -0.385. The first-order valence-electron chi connectivity index (χ1n) is 5.85. The number of anilines is 1. The van der Waals surface area contributed by atoms with Gasteiger partial charge in [-0.3, -0.25) is 14.9 Å². The lowest BCUT2D eigenvalue weighted by Crippen LogP contribution is -2.46. The molecule has 2 amide bonds. The monoisotopic (exact) mass is 359 g/mol. The van der Waals surface area contributed by atoms with E-state index in [1.165, 1.54) is 18.2 Å². The minimum atomic E-state index is -1.04. The Hall–Kier alpha value is -2.16. The number of carboxylic acid groups (broad SMARTS) is 1. The number of urea groups is 1. The Labute approximate surface area is 128 Å². The molecule has 0 fully saturated rings. The van der Waals surface area contributed by atoms with Gasteiger partial charge in [0.05, 0.1) is 15.8 Å². The third kappa shape index (κ3) is 5.38. The summed E-state index contributed by atoms with van der Waals surface area (Å²) >= 11 is 3.04. The Bertz CT molecular complexity index is 588. The molecular formula is C12H14BrN3O5. The van der Waals surface area contributed by atoms with Crippen molar-refractivity contribution < 1.29 is 19.6 Å². The molecule has 0 bridgehead atoms. The number of nitrogens with one attached hydrogen (secondary N) is 2. The van der Waals surface area contributed by atoms with Crippen LogP contribution in [0.5, 0.6) is 0 Å². The molecule has 3 N–H and O–H groups in total. The van der Waals surface area contributed by atoms with Crippen LogP contribution >= 0.6 is 15.9 Å². The van der Waals surface area contributed by atoms with Gasteiger partial charge in [-0.15, -0.1) is 0 Å². The molecule has 0 spiro atoms. The normalized spacial score (nSPS) is 10.8. The van der Waals surface area contributed by atoms with Gasteiger partial charge in [0.2, 0.25) is 0 Å². The van der Waals surface area contributed by atoms with E-state index in [2.05, 4.69) is 26.6 Å². The van der Waals surface area contributed by atoms with Gasteiger partial charge in [0.25, 0.3) is 5.69 Å². The van der Waals surface area contributed by atoms with Crippen LogP contribution in [0.1, 0.15) is 20.3 Å². The molecule has 9 heteroatoms. The van der Waals surface area contributed by atoms with Crippen LogP contribution in [0.4, 0.5) is 16.2 Å². The quantitative estimate of drug-likeness (QED) is 0.551. The number of halogens is 1. The van der Waals surface area contributed by atoms with Crippen LogP contribution in [0, 0.1) is 10.1 Å². The summed E-state index contributed by atoms with van der Waals surface area (Å²) in [7, 11) is 0. The molecule has 21 heavy (non-hydrogen) atoms. The van der Waals surface area contributed by atoms with Crippen LogP contribution in [-0.4, -0.2) is 27.6 Å². The number of rotatable bonds is 5. The Morgan fingerprint density at radius 2 is 2.05 bits per heavy atom. The van der Waals surface area contributed by atoms with Crippen molar-refractivity contribution in [2.24, 2.45) is 0 Å². The van der Waals surface area contributed by atoms with Gasteiger partial charge in [-0.05, 0) is 41.9 Å². The van der Waals surface area contributed by atoms with Crippen molar-refractivity contribution in [2.45, 2.75) is 25.8 Å². The van der Waals surface area contributed by atoms with Crippen LogP contribution < -0.4 is 10.6 Å². The summed E-state index contributed by atoms with van der Waals surface area (Å²) in [6.07, 6.45) is -0.249. The molecule has 1 rings (SSSR count). The summed E-state index contributed by atoms with van der Waals surface area (Å²) < 4.78 is 0.296. The third-order valence-corrected chi connectivity index (χ3v) is 3.12. The zero-order valence-electron chi connectivity index (χ0n) is 11.3. The number of amides is 2. The zero-order chi connectivity index (χ0) is 16.2. The van der Waals surface area contributed by atoms with E-state index in [9.17, 15) is 19.7 Å². The number of carbonyl (C=O) groups is 2. The smallest absolute Gasteiger partial charge is 0.319 e. The molecule has 0 aliphatic carbocycles. The molecule has 114 valence electrons. The second-order valence-corrected chi connectivity index (χ2v) is 5.81. The number of hydrogen-bond donors (Lipinski definition) is 3. The topological polar surface area (TPSA) is 122 Å². The van der Waals surface area contributed by atoms with Crippen LogP contribution in [0.25, 0.3) is 0 Å². The van der Waals surface area contributed by atoms with Crippen LogP contribution in [-0.2, 0) is 4.79 Å². The molecule has 0 saturated carbocycles.